The van der Waals surface area contributed by atoms with Gasteiger partial charge in [0.15, 0.2) is 0 Å². The van der Waals surface area contributed by atoms with Crippen molar-refractivity contribution in [3.05, 3.63) is 94.0 Å². The SMILES string of the molecule is Cc1ccc(S(=O)(=O)N(CC(=O)Nc2ccc(Cl)cc2)Cc2cccc(Cl)c2)cc1. The van der Waals surface area contributed by atoms with Crippen LogP contribution >= 0.6 is 23.2 Å². The Morgan fingerprint density at radius 3 is 2.23 bits per heavy atom. The summed E-state index contributed by atoms with van der Waals surface area (Å²) in [5.41, 5.74) is 2.15. The quantitative estimate of drug-likeness (QED) is 0.528. The minimum absolute atomic E-state index is 0.00477. The highest BCUT2D eigenvalue weighted by Crippen LogP contribution is 2.21. The van der Waals surface area contributed by atoms with Gasteiger partial charge in [0.25, 0.3) is 0 Å². The largest absolute Gasteiger partial charge is 0.325 e. The maximum Gasteiger partial charge on any atom is 0.243 e. The monoisotopic (exact) mass is 462 g/mol. The van der Waals surface area contributed by atoms with Crippen LogP contribution in [0.2, 0.25) is 10.0 Å². The zero-order valence-corrected chi connectivity index (χ0v) is 18.5. The average Bonchev–Trinajstić information content (AvgIpc) is 2.69. The number of rotatable bonds is 7. The number of benzene rings is 3. The number of hydrogen-bond acceptors (Lipinski definition) is 3. The predicted molar refractivity (Wildman–Crippen MR) is 120 cm³/mol. The summed E-state index contributed by atoms with van der Waals surface area (Å²) in [6.45, 7) is 1.52. The number of carbonyl (C=O) groups excluding carboxylic acids is 1. The van der Waals surface area contributed by atoms with E-state index in [1.807, 2.05) is 6.92 Å². The van der Waals surface area contributed by atoms with E-state index in [9.17, 15) is 13.2 Å². The van der Waals surface area contributed by atoms with E-state index in [2.05, 4.69) is 5.32 Å². The van der Waals surface area contributed by atoms with Gasteiger partial charge in [0.05, 0.1) is 11.4 Å². The highest BCUT2D eigenvalue weighted by atomic mass is 35.5. The molecule has 0 unspecified atom stereocenters. The molecule has 0 saturated carbocycles. The van der Waals surface area contributed by atoms with Crippen LogP contribution < -0.4 is 5.32 Å². The van der Waals surface area contributed by atoms with Crippen LogP contribution in [0.3, 0.4) is 0 Å². The summed E-state index contributed by atoms with van der Waals surface area (Å²) < 4.78 is 27.7. The topological polar surface area (TPSA) is 66.5 Å². The van der Waals surface area contributed by atoms with Gasteiger partial charge < -0.3 is 5.32 Å². The number of nitrogens with zero attached hydrogens (tertiary/aromatic N) is 1. The van der Waals surface area contributed by atoms with Crippen molar-refractivity contribution >= 4 is 44.8 Å². The first-order valence-electron chi connectivity index (χ1n) is 9.11. The lowest BCUT2D eigenvalue weighted by Gasteiger charge is -2.22. The van der Waals surface area contributed by atoms with Crippen molar-refractivity contribution in [2.45, 2.75) is 18.4 Å². The number of halogens is 2. The molecule has 1 amide bonds. The number of amides is 1. The Hall–Kier alpha value is -2.38. The third-order valence-electron chi connectivity index (χ3n) is 4.35. The predicted octanol–water partition coefficient (Wildman–Crippen LogP) is 5.13. The standard InChI is InChI=1S/C22H20Cl2N2O3S/c1-16-5-11-21(12-6-16)30(28,29)26(14-17-3-2-4-19(24)13-17)15-22(27)25-20-9-7-18(23)8-10-20/h2-13H,14-15H2,1H3,(H,25,27). The van der Waals surface area contributed by atoms with E-state index in [0.29, 0.717) is 21.3 Å². The van der Waals surface area contributed by atoms with Gasteiger partial charge in [-0.25, -0.2) is 8.42 Å². The summed E-state index contributed by atoms with van der Waals surface area (Å²) in [5, 5.41) is 3.73. The summed E-state index contributed by atoms with van der Waals surface area (Å²) in [7, 11) is -3.91. The normalized spacial score (nSPS) is 11.5. The number of hydrogen-bond donors (Lipinski definition) is 1. The van der Waals surface area contributed by atoms with Gasteiger partial charge in [-0.1, -0.05) is 53.0 Å². The molecule has 0 atom stereocenters. The number of aryl methyl sites for hydroxylation is 1. The van der Waals surface area contributed by atoms with Gasteiger partial charge in [-0.15, -0.1) is 0 Å². The second-order valence-electron chi connectivity index (χ2n) is 6.77. The van der Waals surface area contributed by atoms with Gasteiger partial charge in [0.2, 0.25) is 15.9 Å². The molecule has 30 heavy (non-hydrogen) atoms. The van der Waals surface area contributed by atoms with Crippen molar-refractivity contribution in [3.8, 4) is 0 Å². The molecular weight excluding hydrogens is 443 g/mol. The zero-order chi connectivity index (χ0) is 21.7. The van der Waals surface area contributed by atoms with Gasteiger partial charge in [0.1, 0.15) is 0 Å². The van der Waals surface area contributed by atoms with Crippen LogP contribution in [0.25, 0.3) is 0 Å². The van der Waals surface area contributed by atoms with Crippen LogP contribution in [-0.2, 0) is 21.4 Å². The Kier molecular flexibility index (Phi) is 7.15. The average molecular weight is 463 g/mol. The lowest BCUT2D eigenvalue weighted by atomic mass is 10.2. The maximum absolute atomic E-state index is 13.3. The van der Waals surface area contributed by atoms with Gasteiger partial charge in [-0.2, -0.15) is 4.31 Å². The highest BCUT2D eigenvalue weighted by molar-refractivity contribution is 7.89. The molecule has 0 aliphatic rings. The van der Waals surface area contributed by atoms with Crippen LogP contribution in [0.1, 0.15) is 11.1 Å². The summed E-state index contributed by atoms with van der Waals surface area (Å²) in [5.74, 6) is -0.463. The molecule has 0 aromatic heterocycles. The second-order valence-corrected chi connectivity index (χ2v) is 9.58. The van der Waals surface area contributed by atoms with E-state index in [1.165, 1.54) is 12.1 Å². The first kappa shape index (κ1) is 22.3. The lowest BCUT2D eigenvalue weighted by molar-refractivity contribution is -0.116. The first-order chi connectivity index (χ1) is 14.2. The minimum Gasteiger partial charge on any atom is -0.325 e. The summed E-state index contributed by atoms with van der Waals surface area (Å²) in [4.78, 5) is 12.7. The molecule has 0 aliphatic heterocycles. The highest BCUT2D eigenvalue weighted by Gasteiger charge is 2.27. The fourth-order valence-electron chi connectivity index (χ4n) is 2.82. The summed E-state index contributed by atoms with van der Waals surface area (Å²) in [6.07, 6.45) is 0. The van der Waals surface area contributed by atoms with Crippen molar-refractivity contribution in [1.29, 1.82) is 0 Å². The Labute approximate surface area is 186 Å². The Morgan fingerprint density at radius 2 is 1.60 bits per heavy atom. The van der Waals surface area contributed by atoms with Crippen LogP contribution in [0, 0.1) is 6.92 Å². The number of anilines is 1. The molecule has 156 valence electrons. The molecule has 0 saturated heterocycles. The maximum atomic E-state index is 13.3. The van der Waals surface area contributed by atoms with Crippen molar-refractivity contribution in [1.82, 2.24) is 4.31 Å². The van der Waals surface area contributed by atoms with E-state index in [0.717, 1.165) is 9.87 Å². The van der Waals surface area contributed by atoms with Crippen LogP contribution in [0.15, 0.2) is 77.7 Å². The van der Waals surface area contributed by atoms with E-state index in [4.69, 9.17) is 23.2 Å². The fourth-order valence-corrected chi connectivity index (χ4v) is 4.54. The Morgan fingerprint density at radius 1 is 0.933 bits per heavy atom. The molecule has 3 aromatic carbocycles. The summed E-state index contributed by atoms with van der Waals surface area (Å²) >= 11 is 11.9. The van der Waals surface area contributed by atoms with E-state index < -0.39 is 15.9 Å². The van der Waals surface area contributed by atoms with Crippen LogP contribution in [0.4, 0.5) is 5.69 Å². The van der Waals surface area contributed by atoms with Gasteiger partial charge >= 0.3 is 0 Å². The van der Waals surface area contributed by atoms with Crippen molar-refractivity contribution in [2.75, 3.05) is 11.9 Å². The van der Waals surface area contributed by atoms with Crippen LogP contribution in [-0.4, -0.2) is 25.2 Å². The number of sulfonamides is 1. The van der Waals surface area contributed by atoms with Crippen molar-refractivity contribution in [3.63, 3.8) is 0 Å². The van der Waals surface area contributed by atoms with E-state index in [1.54, 1.807) is 60.7 Å². The molecule has 1 N–H and O–H groups in total. The van der Waals surface area contributed by atoms with Gasteiger partial charge in [-0.05, 0) is 61.0 Å². The number of carbonyl (C=O) groups is 1. The lowest BCUT2D eigenvalue weighted by Crippen LogP contribution is -2.37. The smallest absolute Gasteiger partial charge is 0.243 e. The minimum atomic E-state index is -3.91. The molecule has 0 bridgehead atoms. The van der Waals surface area contributed by atoms with Gasteiger partial charge in [-0.3, -0.25) is 4.79 Å². The molecule has 3 rings (SSSR count). The molecule has 0 heterocycles. The summed E-state index contributed by atoms with van der Waals surface area (Å²) in [6, 6.07) is 20.0. The zero-order valence-electron chi connectivity index (χ0n) is 16.2. The molecule has 5 nitrogen and oxygen atoms in total. The third kappa shape index (κ3) is 5.83. The van der Waals surface area contributed by atoms with Crippen molar-refractivity contribution in [2.24, 2.45) is 0 Å². The Balaban J connectivity index is 1.87. The Bertz CT molecular complexity index is 1130. The third-order valence-corrected chi connectivity index (χ3v) is 6.65. The fraction of sp³-hybridized carbons (Fsp3) is 0.136. The molecule has 3 aromatic rings. The molecule has 0 spiro atoms. The number of nitrogens with one attached hydrogen (secondary N) is 1. The molecule has 0 aliphatic carbocycles. The van der Waals surface area contributed by atoms with Crippen molar-refractivity contribution < 1.29 is 13.2 Å². The van der Waals surface area contributed by atoms with Crippen LogP contribution in [0.5, 0.6) is 0 Å². The molecule has 8 heteroatoms. The van der Waals surface area contributed by atoms with Gasteiger partial charge in [0, 0.05) is 22.3 Å². The second kappa shape index (κ2) is 9.62. The first-order valence-corrected chi connectivity index (χ1v) is 11.3. The molecular formula is C22H20Cl2N2O3S. The van der Waals surface area contributed by atoms with E-state index >= 15 is 0 Å². The molecule has 0 fully saturated rings. The van der Waals surface area contributed by atoms with E-state index in [-0.39, 0.29) is 18.0 Å². The molecule has 0 radical (unpaired) electrons.